The fourth-order valence-corrected chi connectivity index (χ4v) is 4.80. The lowest BCUT2D eigenvalue weighted by Crippen LogP contribution is -2.34. The fourth-order valence-electron chi connectivity index (χ4n) is 4.80. The Kier molecular flexibility index (Phi) is 6.60. The number of H-pyrrole nitrogens is 1. The SMILES string of the molecule is Cc1cn([C@H]2C[C@H](OC(=O)C3CCCC3)[C@@H](COC(=O)C3CCCC3)O2)c(=O)[nH]c1=O. The van der Waals surface area contributed by atoms with E-state index < -0.39 is 29.7 Å². The van der Waals surface area contributed by atoms with Gasteiger partial charge in [0.05, 0.1) is 11.8 Å². The minimum Gasteiger partial charge on any atom is -0.463 e. The average Bonchev–Trinajstić information content (AvgIpc) is 3.51. The first-order chi connectivity index (χ1) is 14.9. The first-order valence-electron chi connectivity index (χ1n) is 11.3. The molecule has 9 heteroatoms. The number of nitrogens with zero attached hydrogens (tertiary/aromatic N) is 1. The molecule has 0 amide bonds. The summed E-state index contributed by atoms with van der Waals surface area (Å²) in [7, 11) is 0. The minimum absolute atomic E-state index is 0.0362. The summed E-state index contributed by atoms with van der Waals surface area (Å²) in [6.45, 7) is 1.56. The van der Waals surface area contributed by atoms with Crippen LogP contribution in [0.15, 0.2) is 15.8 Å². The number of carbonyl (C=O) groups is 2. The summed E-state index contributed by atoms with van der Waals surface area (Å²) < 4.78 is 18.6. The van der Waals surface area contributed by atoms with Gasteiger partial charge in [0.15, 0.2) is 0 Å². The highest BCUT2D eigenvalue weighted by Crippen LogP contribution is 2.33. The van der Waals surface area contributed by atoms with E-state index in [1.165, 1.54) is 10.8 Å². The van der Waals surface area contributed by atoms with E-state index in [0.29, 0.717) is 5.56 Å². The zero-order chi connectivity index (χ0) is 22.0. The van der Waals surface area contributed by atoms with Crippen LogP contribution < -0.4 is 11.2 Å². The Balaban J connectivity index is 1.47. The Morgan fingerprint density at radius 2 is 1.68 bits per heavy atom. The lowest BCUT2D eigenvalue weighted by Gasteiger charge is -2.21. The monoisotopic (exact) mass is 434 g/mol. The molecule has 3 aliphatic rings. The van der Waals surface area contributed by atoms with Gasteiger partial charge in [0, 0.05) is 18.2 Å². The summed E-state index contributed by atoms with van der Waals surface area (Å²) in [6, 6.07) is 0. The van der Waals surface area contributed by atoms with Gasteiger partial charge >= 0.3 is 17.6 Å². The van der Waals surface area contributed by atoms with Crippen LogP contribution >= 0.6 is 0 Å². The summed E-state index contributed by atoms with van der Waals surface area (Å²) >= 11 is 0. The van der Waals surface area contributed by atoms with Crippen LogP contribution in [0.25, 0.3) is 0 Å². The molecule has 3 atom stereocenters. The Morgan fingerprint density at radius 1 is 1.06 bits per heavy atom. The molecule has 9 nitrogen and oxygen atoms in total. The zero-order valence-electron chi connectivity index (χ0n) is 17.8. The van der Waals surface area contributed by atoms with E-state index >= 15 is 0 Å². The van der Waals surface area contributed by atoms with Crippen molar-refractivity contribution >= 4 is 11.9 Å². The van der Waals surface area contributed by atoms with Crippen LogP contribution in [-0.4, -0.2) is 40.3 Å². The molecular weight excluding hydrogens is 404 g/mol. The van der Waals surface area contributed by atoms with E-state index in [-0.39, 0.29) is 36.8 Å². The van der Waals surface area contributed by atoms with Crippen molar-refractivity contribution in [2.75, 3.05) is 6.61 Å². The van der Waals surface area contributed by atoms with Gasteiger partial charge in [-0.15, -0.1) is 0 Å². The van der Waals surface area contributed by atoms with Crippen molar-refractivity contribution in [3.8, 4) is 0 Å². The van der Waals surface area contributed by atoms with E-state index in [1.54, 1.807) is 6.92 Å². The van der Waals surface area contributed by atoms with Crippen LogP contribution in [0.1, 0.15) is 69.6 Å². The molecule has 0 bridgehead atoms. The van der Waals surface area contributed by atoms with Gasteiger partial charge in [0.25, 0.3) is 5.56 Å². The highest BCUT2D eigenvalue weighted by molar-refractivity contribution is 5.73. The highest BCUT2D eigenvalue weighted by Gasteiger charge is 2.41. The summed E-state index contributed by atoms with van der Waals surface area (Å²) in [5.74, 6) is -0.703. The Hall–Kier alpha value is -2.42. The number of esters is 2. The molecule has 0 aromatic carbocycles. The second kappa shape index (κ2) is 9.38. The number of hydrogen-bond acceptors (Lipinski definition) is 7. The van der Waals surface area contributed by atoms with E-state index in [4.69, 9.17) is 14.2 Å². The third-order valence-corrected chi connectivity index (χ3v) is 6.67. The molecule has 1 saturated heterocycles. The van der Waals surface area contributed by atoms with Crippen LogP contribution in [0.2, 0.25) is 0 Å². The molecule has 1 N–H and O–H groups in total. The standard InChI is InChI=1S/C22H30N2O7/c1-13-11-24(22(28)23-19(13)25)18-10-16(31-21(27)15-8-4-5-9-15)17(30-18)12-29-20(26)14-6-2-3-7-14/h11,14-18H,2-10,12H2,1H3,(H,23,25,28)/t16-,17+,18+/m0/s1. The van der Waals surface area contributed by atoms with Crippen molar-refractivity contribution in [2.45, 2.75) is 83.1 Å². The van der Waals surface area contributed by atoms with Crippen LogP contribution in [-0.2, 0) is 23.8 Å². The van der Waals surface area contributed by atoms with Gasteiger partial charge < -0.3 is 14.2 Å². The molecule has 0 spiro atoms. The Labute approximate surface area is 180 Å². The molecule has 2 aliphatic carbocycles. The number of hydrogen-bond donors (Lipinski definition) is 1. The first kappa shape index (κ1) is 21.8. The van der Waals surface area contributed by atoms with Crippen LogP contribution in [0.4, 0.5) is 0 Å². The normalized spacial score (nSPS) is 26.9. The molecule has 2 heterocycles. The number of aromatic amines is 1. The minimum atomic E-state index is -0.723. The van der Waals surface area contributed by atoms with Gasteiger partial charge in [0.1, 0.15) is 25.0 Å². The van der Waals surface area contributed by atoms with E-state index in [0.717, 1.165) is 51.4 Å². The quantitative estimate of drug-likeness (QED) is 0.680. The summed E-state index contributed by atoms with van der Waals surface area (Å²) in [4.78, 5) is 51.2. The number of carbonyl (C=O) groups excluding carboxylic acids is 2. The molecule has 170 valence electrons. The zero-order valence-corrected chi connectivity index (χ0v) is 17.8. The van der Waals surface area contributed by atoms with Crippen molar-refractivity contribution in [1.82, 2.24) is 9.55 Å². The lowest BCUT2D eigenvalue weighted by atomic mass is 10.1. The number of ether oxygens (including phenoxy) is 3. The molecule has 0 radical (unpaired) electrons. The van der Waals surface area contributed by atoms with Crippen molar-refractivity contribution < 1.29 is 23.8 Å². The number of rotatable bonds is 6. The predicted octanol–water partition coefficient (Wildman–Crippen LogP) is 1.97. The summed E-state index contributed by atoms with van der Waals surface area (Å²) in [5.41, 5.74) is -0.672. The van der Waals surface area contributed by atoms with Gasteiger partial charge in [-0.05, 0) is 32.6 Å². The Bertz CT molecular complexity index is 925. The number of aryl methyl sites for hydroxylation is 1. The second-order valence-electron chi connectivity index (χ2n) is 8.91. The maximum Gasteiger partial charge on any atom is 0.330 e. The maximum atomic E-state index is 12.6. The fraction of sp³-hybridized carbons (Fsp3) is 0.727. The van der Waals surface area contributed by atoms with Crippen molar-refractivity contribution in [3.05, 3.63) is 32.6 Å². The summed E-state index contributed by atoms with van der Waals surface area (Å²) in [6.07, 6.45) is 7.03. The number of aromatic nitrogens is 2. The largest absolute Gasteiger partial charge is 0.463 e. The first-order valence-corrected chi connectivity index (χ1v) is 11.3. The molecule has 0 unspecified atom stereocenters. The molecule has 4 rings (SSSR count). The maximum absolute atomic E-state index is 12.6. The second-order valence-corrected chi connectivity index (χ2v) is 8.91. The van der Waals surface area contributed by atoms with Gasteiger partial charge in [-0.3, -0.25) is 23.9 Å². The van der Waals surface area contributed by atoms with Crippen molar-refractivity contribution in [1.29, 1.82) is 0 Å². The summed E-state index contributed by atoms with van der Waals surface area (Å²) in [5, 5.41) is 0. The lowest BCUT2D eigenvalue weighted by molar-refractivity contribution is -0.163. The molecular formula is C22H30N2O7. The van der Waals surface area contributed by atoms with Gasteiger partial charge in [-0.25, -0.2) is 4.79 Å². The molecule has 1 aromatic rings. The molecule has 1 aromatic heterocycles. The van der Waals surface area contributed by atoms with Crippen LogP contribution in [0.3, 0.4) is 0 Å². The van der Waals surface area contributed by atoms with Crippen molar-refractivity contribution in [3.63, 3.8) is 0 Å². The predicted molar refractivity (Wildman–Crippen MR) is 109 cm³/mol. The number of nitrogens with one attached hydrogen (secondary N) is 1. The third-order valence-electron chi connectivity index (χ3n) is 6.67. The third kappa shape index (κ3) is 4.92. The van der Waals surface area contributed by atoms with Crippen LogP contribution in [0, 0.1) is 18.8 Å². The topological polar surface area (TPSA) is 117 Å². The average molecular weight is 434 g/mol. The smallest absolute Gasteiger partial charge is 0.330 e. The van der Waals surface area contributed by atoms with Crippen molar-refractivity contribution in [2.24, 2.45) is 11.8 Å². The van der Waals surface area contributed by atoms with Crippen LogP contribution in [0.5, 0.6) is 0 Å². The van der Waals surface area contributed by atoms with Gasteiger partial charge in [-0.1, -0.05) is 25.7 Å². The van der Waals surface area contributed by atoms with E-state index in [1.807, 2.05) is 0 Å². The van der Waals surface area contributed by atoms with Gasteiger partial charge in [0.2, 0.25) is 0 Å². The Morgan fingerprint density at radius 3 is 2.32 bits per heavy atom. The van der Waals surface area contributed by atoms with Gasteiger partial charge in [-0.2, -0.15) is 0 Å². The molecule has 31 heavy (non-hydrogen) atoms. The van der Waals surface area contributed by atoms with E-state index in [9.17, 15) is 19.2 Å². The highest BCUT2D eigenvalue weighted by atomic mass is 16.6. The molecule has 2 saturated carbocycles. The van der Waals surface area contributed by atoms with E-state index in [2.05, 4.69) is 4.98 Å². The molecule has 1 aliphatic heterocycles. The molecule has 3 fully saturated rings.